The van der Waals surface area contributed by atoms with Crippen LogP contribution < -0.4 is 11.3 Å². The Bertz CT molecular complexity index is 474. The fraction of sp³-hybridized carbons (Fsp3) is 0.333. The molecule has 1 rings (SSSR count). The first-order chi connectivity index (χ1) is 9.56. The van der Waals surface area contributed by atoms with Crippen molar-refractivity contribution in [3.63, 3.8) is 0 Å². The number of hydrogen-bond acceptors (Lipinski definition) is 6. The van der Waals surface area contributed by atoms with Crippen molar-refractivity contribution in [2.24, 2.45) is 5.84 Å². The van der Waals surface area contributed by atoms with Crippen LogP contribution in [-0.2, 0) is 9.84 Å². The molecule has 1 radical (unpaired) electrons. The van der Waals surface area contributed by atoms with Crippen LogP contribution in [0.2, 0.25) is 0 Å². The molecular formula is C12H16N3O6. The van der Waals surface area contributed by atoms with Crippen molar-refractivity contribution in [2.75, 3.05) is 0 Å². The van der Waals surface area contributed by atoms with E-state index in [0.717, 1.165) is 24.3 Å². The molecule has 9 nitrogen and oxygen atoms in total. The number of carbonyl (C=O) groups excluding carboxylic acids is 2. The minimum absolute atomic E-state index is 0.0689. The van der Waals surface area contributed by atoms with E-state index in [1.165, 1.54) is 0 Å². The van der Waals surface area contributed by atoms with Gasteiger partial charge in [-0.1, -0.05) is 0 Å². The monoisotopic (exact) mass is 298 g/mol. The largest absolute Gasteiger partial charge is 0.443 e. The number of hydrazine groups is 1. The Labute approximate surface area is 120 Å². The molecule has 0 atom stereocenters. The minimum Gasteiger partial charge on any atom is -0.443 e. The third kappa shape index (κ3) is 8.16. The molecule has 0 aliphatic rings. The third-order valence-corrected chi connectivity index (χ3v) is 1.83. The van der Waals surface area contributed by atoms with Gasteiger partial charge < -0.3 is 4.74 Å². The lowest BCUT2D eigenvalue weighted by Gasteiger charge is -2.18. The zero-order chi connectivity index (χ0) is 16.6. The van der Waals surface area contributed by atoms with Crippen molar-refractivity contribution < 1.29 is 24.4 Å². The molecule has 0 saturated carbocycles. The van der Waals surface area contributed by atoms with E-state index in [2.05, 4.69) is 0 Å². The predicted octanol–water partition coefficient (Wildman–Crippen LogP) is 1.55. The molecule has 115 valence electrons. The highest BCUT2D eigenvalue weighted by Crippen LogP contribution is 2.11. The van der Waals surface area contributed by atoms with Crippen LogP contribution in [0.3, 0.4) is 0 Å². The van der Waals surface area contributed by atoms with Crippen LogP contribution >= 0.6 is 0 Å². The second kappa shape index (κ2) is 7.80. The number of nitrogens with zero attached hydrogens (tertiary/aromatic N) is 1. The predicted molar refractivity (Wildman–Crippen MR) is 71.7 cm³/mol. The number of rotatable bonds is 2. The van der Waals surface area contributed by atoms with Crippen molar-refractivity contribution in [2.45, 2.75) is 26.4 Å². The van der Waals surface area contributed by atoms with Crippen LogP contribution in [0.4, 0.5) is 10.5 Å². The second-order valence-electron chi connectivity index (χ2n) is 4.74. The highest BCUT2D eigenvalue weighted by atomic mass is 16.6. The van der Waals surface area contributed by atoms with Crippen molar-refractivity contribution in [3.05, 3.63) is 39.9 Å². The average molecular weight is 298 g/mol. The number of carbonyl (C=O) groups is 2. The zero-order valence-electron chi connectivity index (χ0n) is 11.8. The molecule has 1 amide bonds. The topological polar surface area (TPSA) is 144 Å². The molecule has 0 heterocycles. The molecule has 1 aromatic rings. The Morgan fingerprint density at radius 2 is 1.71 bits per heavy atom. The van der Waals surface area contributed by atoms with Gasteiger partial charge in [0.15, 0.2) is 0 Å². The maximum atomic E-state index is 10.4. The van der Waals surface area contributed by atoms with E-state index in [-0.39, 0.29) is 11.3 Å². The Kier molecular flexibility index (Phi) is 6.80. The van der Waals surface area contributed by atoms with E-state index in [4.69, 9.17) is 10.6 Å². The van der Waals surface area contributed by atoms with Crippen molar-refractivity contribution in [3.8, 4) is 0 Å². The highest BCUT2D eigenvalue weighted by Gasteiger charge is 2.14. The molecule has 3 N–H and O–H groups in total. The third-order valence-electron chi connectivity index (χ3n) is 1.83. The SMILES string of the molecule is CC(C)(C)OC(=O)NN.[O]C(=O)c1ccc([N+](=O)[O-])cc1. The van der Waals surface area contributed by atoms with Crippen LogP contribution in [-0.4, -0.2) is 22.6 Å². The average Bonchev–Trinajstić information content (AvgIpc) is 2.37. The first kappa shape index (κ1) is 18.3. The van der Waals surface area contributed by atoms with Crippen LogP contribution in [0.1, 0.15) is 31.1 Å². The molecule has 21 heavy (non-hydrogen) atoms. The van der Waals surface area contributed by atoms with Crippen molar-refractivity contribution in [1.82, 2.24) is 5.43 Å². The Balaban J connectivity index is 0.000000400. The van der Waals surface area contributed by atoms with Gasteiger partial charge in [-0.05, 0) is 32.9 Å². The summed E-state index contributed by atoms with van der Waals surface area (Å²) in [7, 11) is 0. The number of amides is 1. The van der Waals surface area contributed by atoms with E-state index < -0.39 is 22.6 Å². The van der Waals surface area contributed by atoms with Gasteiger partial charge in [-0.2, -0.15) is 0 Å². The molecular weight excluding hydrogens is 282 g/mol. The zero-order valence-corrected chi connectivity index (χ0v) is 11.8. The fourth-order valence-electron chi connectivity index (χ4n) is 1.03. The van der Waals surface area contributed by atoms with Crippen molar-refractivity contribution >= 4 is 17.7 Å². The number of non-ortho nitro benzene ring substituents is 1. The van der Waals surface area contributed by atoms with Crippen LogP contribution in [0.5, 0.6) is 0 Å². The number of nitrogens with two attached hydrogens (primary N) is 1. The summed E-state index contributed by atoms with van der Waals surface area (Å²) >= 11 is 0. The summed E-state index contributed by atoms with van der Waals surface area (Å²) in [6, 6.07) is 4.50. The molecule has 0 unspecified atom stereocenters. The van der Waals surface area contributed by atoms with E-state index in [9.17, 15) is 24.8 Å². The summed E-state index contributed by atoms with van der Waals surface area (Å²) in [5, 5.41) is 20.3. The van der Waals surface area contributed by atoms with Gasteiger partial charge in [-0.15, -0.1) is 0 Å². The molecule has 9 heteroatoms. The minimum atomic E-state index is -1.34. The van der Waals surface area contributed by atoms with Gasteiger partial charge in [0.1, 0.15) is 5.60 Å². The van der Waals surface area contributed by atoms with E-state index in [1.54, 1.807) is 20.8 Å². The summed E-state index contributed by atoms with van der Waals surface area (Å²) < 4.78 is 4.71. The van der Waals surface area contributed by atoms with Gasteiger partial charge in [0.05, 0.1) is 10.5 Å². The Morgan fingerprint density at radius 1 is 1.24 bits per heavy atom. The molecule has 0 fully saturated rings. The first-order valence-electron chi connectivity index (χ1n) is 5.72. The molecule has 0 aliphatic carbocycles. The molecule has 0 saturated heterocycles. The number of nitrogens with one attached hydrogen (secondary N) is 1. The van der Waals surface area contributed by atoms with Gasteiger partial charge in [-0.3, -0.25) is 15.5 Å². The summed E-state index contributed by atoms with van der Waals surface area (Å²) in [5.41, 5.74) is 1.18. The standard InChI is InChI=1S/C7H4NO4.C5H12N2O2/c9-7(10)5-1-3-6(4-2-5)8(11)12;1-5(2,3)9-4(8)7-6/h1-4H;6H2,1-3H3,(H,7,8). The van der Waals surface area contributed by atoms with E-state index >= 15 is 0 Å². The summed E-state index contributed by atoms with van der Waals surface area (Å²) in [6.45, 7) is 5.30. The first-order valence-corrected chi connectivity index (χ1v) is 5.72. The highest BCUT2D eigenvalue weighted by molar-refractivity contribution is 5.87. The van der Waals surface area contributed by atoms with Gasteiger partial charge in [0.25, 0.3) is 5.69 Å². The molecule has 1 aromatic carbocycles. The van der Waals surface area contributed by atoms with Gasteiger partial charge in [0, 0.05) is 12.1 Å². The van der Waals surface area contributed by atoms with Crippen molar-refractivity contribution in [1.29, 1.82) is 0 Å². The number of nitro groups is 1. The number of ether oxygens (including phenoxy) is 1. The van der Waals surface area contributed by atoms with Crippen LogP contribution in [0.25, 0.3) is 0 Å². The maximum Gasteiger partial charge on any atom is 0.421 e. The Hall–Kier alpha value is -2.68. The lowest BCUT2D eigenvalue weighted by atomic mass is 10.2. The Morgan fingerprint density at radius 3 is 1.95 bits per heavy atom. The lowest BCUT2D eigenvalue weighted by molar-refractivity contribution is -0.384. The van der Waals surface area contributed by atoms with Gasteiger partial charge in [0.2, 0.25) is 0 Å². The van der Waals surface area contributed by atoms with Gasteiger partial charge in [-0.25, -0.2) is 20.5 Å². The maximum absolute atomic E-state index is 10.4. The lowest BCUT2D eigenvalue weighted by Crippen LogP contribution is -2.36. The summed E-state index contributed by atoms with van der Waals surface area (Å²) in [4.78, 5) is 30.1. The molecule has 0 aromatic heterocycles. The summed E-state index contributed by atoms with van der Waals surface area (Å²) in [6.07, 6.45) is -0.609. The van der Waals surface area contributed by atoms with Crippen LogP contribution in [0, 0.1) is 10.1 Å². The summed E-state index contributed by atoms with van der Waals surface area (Å²) in [5.74, 6) is 3.41. The van der Waals surface area contributed by atoms with Gasteiger partial charge >= 0.3 is 12.1 Å². The quantitative estimate of drug-likeness (QED) is 0.366. The normalized spacial score (nSPS) is 9.90. The number of nitro benzene ring substituents is 1. The fourth-order valence-corrected chi connectivity index (χ4v) is 1.03. The smallest absolute Gasteiger partial charge is 0.421 e. The molecule has 0 spiro atoms. The number of benzene rings is 1. The molecule has 0 bridgehead atoms. The van der Waals surface area contributed by atoms with E-state index in [1.807, 2.05) is 5.43 Å². The number of hydrogen-bond donors (Lipinski definition) is 2. The van der Waals surface area contributed by atoms with Crippen LogP contribution in [0.15, 0.2) is 24.3 Å². The molecule has 0 aliphatic heterocycles. The second-order valence-corrected chi connectivity index (χ2v) is 4.74. The van der Waals surface area contributed by atoms with E-state index in [0.29, 0.717) is 0 Å².